The maximum atomic E-state index is 12.9. The number of halogens is 1. The molecule has 1 N–H and O–H groups in total. The average molecular weight is 374 g/mol. The van der Waals surface area contributed by atoms with Crippen LogP contribution < -0.4 is 0 Å². The number of phenols is 1. The monoisotopic (exact) mass is 374 g/mol. The van der Waals surface area contributed by atoms with Crippen molar-refractivity contribution >= 4 is 34.7 Å². The third-order valence-electron chi connectivity index (χ3n) is 3.62. The van der Waals surface area contributed by atoms with Gasteiger partial charge in [-0.2, -0.15) is 0 Å². The zero-order valence-corrected chi connectivity index (χ0v) is 13.9. The van der Waals surface area contributed by atoms with Crippen LogP contribution in [0.1, 0.15) is 11.1 Å². The Hall–Kier alpha value is -3.20. The Kier molecular flexibility index (Phi) is 4.72. The number of nitro benzene ring substituents is 1. The zero-order chi connectivity index (χ0) is 18.8. The molecular weight excluding hydrogens is 363 g/mol. The van der Waals surface area contributed by atoms with Crippen molar-refractivity contribution in [2.45, 2.75) is 6.54 Å². The lowest BCUT2D eigenvalue weighted by Crippen LogP contribution is -2.27. The van der Waals surface area contributed by atoms with Gasteiger partial charge in [0.2, 0.25) is 0 Å². The Morgan fingerprint density at radius 1 is 1.19 bits per heavy atom. The fraction of sp³-hybridized carbons (Fsp3) is 0.0588. The highest BCUT2D eigenvalue weighted by Crippen LogP contribution is 2.34. The number of nitro groups is 1. The van der Waals surface area contributed by atoms with Crippen molar-refractivity contribution in [3.8, 4) is 5.75 Å². The Morgan fingerprint density at radius 2 is 1.88 bits per heavy atom. The summed E-state index contributed by atoms with van der Waals surface area (Å²) in [5, 5.41) is 19.8. The molecule has 2 aromatic carbocycles. The molecule has 0 saturated carbocycles. The summed E-state index contributed by atoms with van der Waals surface area (Å²) in [6.07, 6.45) is 1.35. The molecule has 0 aliphatic carbocycles. The van der Waals surface area contributed by atoms with Crippen LogP contribution in [0.3, 0.4) is 0 Å². The van der Waals surface area contributed by atoms with E-state index < -0.39 is 33.3 Å². The van der Waals surface area contributed by atoms with Crippen LogP contribution in [0.25, 0.3) is 6.08 Å². The number of imide groups is 1. The van der Waals surface area contributed by atoms with Crippen LogP contribution in [-0.2, 0) is 11.3 Å². The maximum Gasteiger partial charge on any atom is 0.311 e. The number of carbonyl (C=O) groups is 2. The number of aromatic hydroxyl groups is 1. The molecular formula is C17H11FN2O5S. The second-order valence-corrected chi connectivity index (χ2v) is 6.39. The number of hydrogen-bond donors (Lipinski definition) is 1. The lowest BCUT2D eigenvalue weighted by atomic mass is 10.1. The average Bonchev–Trinajstić information content (AvgIpc) is 2.85. The number of nitrogens with zero attached hydrogens (tertiary/aromatic N) is 2. The van der Waals surface area contributed by atoms with Crippen LogP contribution in [0.2, 0.25) is 0 Å². The van der Waals surface area contributed by atoms with E-state index >= 15 is 0 Å². The summed E-state index contributed by atoms with van der Waals surface area (Å²) in [7, 11) is 0. The zero-order valence-electron chi connectivity index (χ0n) is 13.1. The van der Waals surface area contributed by atoms with Crippen molar-refractivity contribution in [2.24, 2.45) is 0 Å². The van der Waals surface area contributed by atoms with Gasteiger partial charge >= 0.3 is 5.69 Å². The molecule has 1 heterocycles. The van der Waals surface area contributed by atoms with E-state index in [1.165, 1.54) is 36.4 Å². The second-order valence-electron chi connectivity index (χ2n) is 5.40. The van der Waals surface area contributed by atoms with E-state index in [-0.39, 0.29) is 11.4 Å². The van der Waals surface area contributed by atoms with Gasteiger partial charge in [-0.1, -0.05) is 18.2 Å². The van der Waals surface area contributed by atoms with Crippen molar-refractivity contribution in [3.63, 3.8) is 0 Å². The summed E-state index contributed by atoms with van der Waals surface area (Å²) in [4.78, 5) is 35.8. The molecule has 0 unspecified atom stereocenters. The molecule has 2 amide bonds. The first-order chi connectivity index (χ1) is 12.3. The third-order valence-corrected chi connectivity index (χ3v) is 4.53. The molecule has 1 fully saturated rings. The Balaban J connectivity index is 1.84. The first-order valence-corrected chi connectivity index (χ1v) is 8.14. The number of hydrogen-bond acceptors (Lipinski definition) is 6. The van der Waals surface area contributed by atoms with E-state index in [0.29, 0.717) is 22.9 Å². The highest BCUT2D eigenvalue weighted by atomic mass is 32.2. The second kappa shape index (κ2) is 6.96. The first kappa shape index (κ1) is 17.6. The van der Waals surface area contributed by atoms with Crippen LogP contribution in [0.15, 0.2) is 47.4 Å². The lowest BCUT2D eigenvalue weighted by molar-refractivity contribution is -0.385. The van der Waals surface area contributed by atoms with Crippen molar-refractivity contribution in [3.05, 3.63) is 74.4 Å². The molecule has 0 radical (unpaired) electrons. The van der Waals surface area contributed by atoms with Gasteiger partial charge in [-0.3, -0.25) is 24.6 Å². The minimum Gasteiger partial charge on any atom is -0.502 e. The van der Waals surface area contributed by atoms with Crippen LogP contribution in [0.4, 0.5) is 14.9 Å². The summed E-state index contributed by atoms with van der Waals surface area (Å²) in [5.41, 5.74) is 0.404. The molecule has 1 aliphatic rings. The van der Waals surface area contributed by atoms with E-state index in [1.54, 1.807) is 0 Å². The Bertz CT molecular complexity index is 943. The molecule has 0 spiro atoms. The Labute approximate surface area is 150 Å². The SMILES string of the molecule is O=C1SC(=Cc2ccc(O)c([N+](=O)[O-])c2)C(=O)N1Cc1ccc(F)cc1. The van der Waals surface area contributed by atoms with Gasteiger partial charge in [0.25, 0.3) is 11.1 Å². The number of carbonyl (C=O) groups excluding carboxylic acids is 2. The molecule has 3 rings (SSSR count). The van der Waals surface area contributed by atoms with E-state index in [2.05, 4.69) is 0 Å². The minimum absolute atomic E-state index is 0.00197. The summed E-state index contributed by atoms with van der Waals surface area (Å²) >= 11 is 0.710. The molecule has 132 valence electrons. The Morgan fingerprint density at radius 3 is 2.54 bits per heavy atom. The highest BCUT2D eigenvalue weighted by molar-refractivity contribution is 8.18. The topological polar surface area (TPSA) is 101 Å². The van der Waals surface area contributed by atoms with Crippen molar-refractivity contribution in [1.82, 2.24) is 4.90 Å². The lowest BCUT2D eigenvalue weighted by Gasteiger charge is -2.12. The van der Waals surface area contributed by atoms with Crippen molar-refractivity contribution in [2.75, 3.05) is 0 Å². The highest BCUT2D eigenvalue weighted by Gasteiger charge is 2.35. The number of thioether (sulfide) groups is 1. The molecule has 2 aromatic rings. The predicted molar refractivity (Wildman–Crippen MR) is 92.7 cm³/mol. The fourth-order valence-corrected chi connectivity index (χ4v) is 3.17. The molecule has 0 atom stereocenters. The fourth-order valence-electron chi connectivity index (χ4n) is 2.34. The summed E-state index contributed by atoms with van der Waals surface area (Å²) in [6, 6.07) is 9.09. The first-order valence-electron chi connectivity index (χ1n) is 7.32. The van der Waals surface area contributed by atoms with Gasteiger partial charge in [0, 0.05) is 6.07 Å². The number of phenolic OH excluding ortho intramolecular Hbond substituents is 1. The molecule has 0 aromatic heterocycles. The minimum atomic E-state index is -0.743. The molecule has 7 nitrogen and oxygen atoms in total. The smallest absolute Gasteiger partial charge is 0.311 e. The van der Waals surface area contributed by atoms with Gasteiger partial charge in [0.05, 0.1) is 16.4 Å². The van der Waals surface area contributed by atoms with Crippen LogP contribution in [0, 0.1) is 15.9 Å². The molecule has 1 saturated heterocycles. The normalized spacial score (nSPS) is 15.7. The van der Waals surface area contributed by atoms with E-state index in [4.69, 9.17) is 0 Å². The largest absolute Gasteiger partial charge is 0.502 e. The number of benzene rings is 2. The van der Waals surface area contributed by atoms with Gasteiger partial charge < -0.3 is 5.11 Å². The maximum absolute atomic E-state index is 12.9. The standard InChI is InChI=1S/C17H11FN2O5S/c18-12-4-1-10(2-5-12)9-19-16(22)15(26-17(19)23)8-11-3-6-14(21)13(7-11)20(24)25/h1-8,21H,9H2. The van der Waals surface area contributed by atoms with Gasteiger partial charge in [0.1, 0.15) is 5.82 Å². The van der Waals surface area contributed by atoms with Crippen LogP contribution in [-0.4, -0.2) is 26.1 Å². The molecule has 9 heteroatoms. The summed E-state index contributed by atoms with van der Waals surface area (Å²) < 4.78 is 12.9. The van der Waals surface area contributed by atoms with Gasteiger partial charge in [-0.15, -0.1) is 0 Å². The van der Waals surface area contributed by atoms with E-state index in [0.717, 1.165) is 17.0 Å². The van der Waals surface area contributed by atoms with Crippen LogP contribution in [0.5, 0.6) is 5.75 Å². The van der Waals surface area contributed by atoms with Crippen molar-refractivity contribution < 1.29 is 24.0 Å². The molecule has 0 bridgehead atoms. The van der Waals surface area contributed by atoms with Crippen LogP contribution >= 0.6 is 11.8 Å². The van der Waals surface area contributed by atoms with E-state index in [1.807, 2.05) is 0 Å². The van der Waals surface area contributed by atoms with Gasteiger partial charge in [-0.25, -0.2) is 4.39 Å². The van der Waals surface area contributed by atoms with Crippen molar-refractivity contribution in [1.29, 1.82) is 0 Å². The van der Waals surface area contributed by atoms with Gasteiger partial charge in [0.15, 0.2) is 5.75 Å². The molecule has 1 aliphatic heterocycles. The van der Waals surface area contributed by atoms with E-state index in [9.17, 15) is 29.2 Å². The number of amides is 2. The van der Waals surface area contributed by atoms with Gasteiger partial charge in [-0.05, 0) is 47.2 Å². The summed E-state index contributed by atoms with van der Waals surface area (Å²) in [6.45, 7) is -0.00197. The third kappa shape index (κ3) is 3.57. The number of rotatable bonds is 4. The predicted octanol–water partition coefficient (Wildman–Crippen LogP) is 3.68. The molecule has 26 heavy (non-hydrogen) atoms. The summed E-state index contributed by atoms with van der Waals surface area (Å²) in [5.74, 6) is -1.45. The quantitative estimate of drug-likeness (QED) is 0.498.